The Balaban J connectivity index is 1.98. The van der Waals surface area contributed by atoms with Crippen molar-refractivity contribution in [3.63, 3.8) is 0 Å². The Kier molecular flexibility index (Phi) is 4.30. The van der Waals surface area contributed by atoms with Gasteiger partial charge in [-0.1, -0.05) is 59.3 Å². The Labute approximate surface area is 138 Å². The number of alkyl halides is 1. The van der Waals surface area contributed by atoms with Crippen LogP contribution in [0.4, 0.5) is 5.69 Å². The Morgan fingerprint density at radius 1 is 1.23 bits per heavy atom. The van der Waals surface area contributed by atoms with E-state index in [-0.39, 0.29) is 28.4 Å². The number of nitrogens with zero attached hydrogens (tertiary/aromatic N) is 1. The molecular formula is C18H18BrNO2. The van der Waals surface area contributed by atoms with E-state index in [0.717, 1.165) is 5.69 Å². The predicted octanol–water partition coefficient (Wildman–Crippen LogP) is 3.75. The minimum absolute atomic E-state index is 0.0537. The molecule has 1 aromatic carbocycles. The molecule has 1 aliphatic heterocycles. The van der Waals surface area contributed by atoms with E-state index in [0.29, 0.717) is 18.5 Å². The van der Waals surface area contributed by atoms with Gasteiger partial charge in [0, 0.05) is 12.1 Å². The number of para-hydroxylation sites is 1. The normalized spacial score (nSPS) is 27.5. The van der Waals surface area contributed by atoms with Crippen LogP contribution in [0.2, 0.25) is 0 Å². The number of amides is 1. The van der Waals surface area contributed by atoms with Gasteiger partial charge in [-0.3, -0.25) is 9.59 Å². The minimum atomic E-state index is -0.231. The number of allylic oxidation sites excluding steroid dienone is 3. The van der Waals surface area contributed by atoms with Crippen LogP contribution in [0.25, 0.3) is 0 Å². The van der Waals surface area contributed by atoms with Crippen LogP contribution >= 0.6 is 15.9 Å². The average molecular weight is 360 g/mol. The first-order valence-electron chi connectivity index (χ1n) is 7.53. The van der Waals surface area contributed by atoms with Crippen molar-refractivity contribution in [2.75, 3.05) is 11.4 Å². The molecular weight excluding hydrogens is 342 g/mol. The number of rotatable bonds is 1. The molecule has 3 rings (SSSR count). The number of hydrogen-bond donors (Lipinski definition) is 0. The molecule has 4 heteroatoms. The van der Waals surface area contributed by atoms with Gasteiger partial charge in [0.05, 0.1) is 16.4 Å². The summed E-state index contributed by atoms with van der Waals surface area (Å²) < 4.78 is 0. The molecule has 0 N–H and O–H groups in total. The molecule has 114 valence electrons. The van der Waals surface area contributed by atoms with E-state index in [2.05, 4.69) is 15.9 Å². The largest absolute Gasteiger partial charge is 0.311 e. The van der Waals surface area contributed by atoms with Crippen molar-refractivity contribution in [1.82, 2.24) is 0 Å². The summed E-state index contributed by atoms with van der Waals surface area (Å²) in [7, 11) is 0. The number of carbonyl (C=O) groups excluding carboxylic acids is 2. The van der Waals surface area contributed by atoms with Gasteiger partial charge in [0.25, 0.3) is 0 Å². The first kappa shape index (κ1) is 15.2. The third-order valence-electron chi connectivity index (χ3n) is 4.31. The summed E-state index contributed by atoms with van der Waals surface area (Å²) in [6.07, 6.45) is 8.52. The fourth-order valence-corrected chi connectivity index (χ4v) is 3.47. The van der Waals surface area contributed by atoms with Crippen molar-refractivity contribution in [2.45, 2.75) is 18.2 Å². The molecule has 0 spiro atoms. The summed E-state index contributed by atoms with van der Waals surface area (Å²) in [6.45, 7) is 2.60. The summed E-state index contributed by atoms with van der Waals surface area (Å²) in [5.41, 5.74) is 1.35. The number of hydrogen-bond acceptors (Lipinski definition) is 2. The Morgan fingerprint density at radius 3 is 2.73 bits per heavy atom. The lowest BCUT2D eigenvalue weighted by Gasteiger charge is -2.29. The van der Waals surface area contributed by atoms with Crippen LogP contribution in [0, 0.1) is 11.8 Å². The highest BCUT2D eigenvalue weighted by molar-refractivity contribution is 9.10. The second-order valence-electron chi connectivity index (χ2n) is 5.78. The van der Waals surface area contributed by atoms with Crippen LogP contribution in [0.5, 0.6) is 0 Å². The van der Waals surface area contributed by atoms with E-state index >= 15 is 0 Å². The summed E-state index contributed by atoms with van der Waals surface area (Å²) in [6, 6.07) is 7.39. The number of ketones is 1. The summed E-state index contributed by atoms with van der Waals surface area (Å²) >= 11 is 3.45. The van der Waals surface area contributed by atoms with E-state index in [1.165, 1.54) is 0 Å². The molecule has 1 heterocycles. The van der Waals surface area contributed by atoms with Crippen LogP contribution in [0.1, 0.15) is 23.7 Å². The van der Waals surface area contributed by atoms with Gasteiger partial charge in [-0.2, -0.15) is 0 Å². The third kappa shape index (κ3) is 2.68. The van der Waals surface area contributed by atoms with Crippen molar-refractivity contribution in [1.29, 1.82) is 0 Å². The molecule has 3 nitrogen and oxygen atoms in total. The maximum Gasteiger partial charge on any atom is 0.234 e. The average Bonchev–Trinajstić information content (AvgIpc) is 2.66. The number of halogens is 1. The highest BCUT2D eigenvalue weighted by atomic mass is 79.9. The molecule has 3 atom stereocenters. The molecule has 1 aliphatic carbocycles. The van der Waals surface area contributed by atoms with Crippen LogP contribution < -0.4 is 4.90 Å². The molecule has 0 saturated heterocycles. The molecule has 1 amide bonds. The topological polar surface area (TPSA) is 37.4 Å². The minimum Gasteiger partial charge on any atom is -0.311 e. The maximum atomic E-state index is 13.0. The monoisotopic (exact) mass is 359 g/mol. The van der Waals surface area contributed by atoms with Gasteiger partial charge in [0.1, 0.15) is 0 Å². The van der Waals surface area contributed by atoms with Gasteiger partial charge < -0.3 is 4.90 Å². The number of Topliss-reactive ketones (excluding diaryl/α,β-unsaturated/α-hetero) is 1. The molecule has 2 aliphatic rings. The van der Waals surface area contributed by atoms with Crippen LogP contribution in [0.3, 0.4) is 0 Å². The number of fused-ring (bicyclic) bond motifs is 1. The zero-order valence-corrected chi connectivity index (χ0v) is 14.0. The smallest absolute Gasteiger partial charge is 0.234 e. The van der Waals surface area contributed by atoms with E-state index < -0.39 is 0 Å². The van der Waals surface area contributed by atoms with E-state index in [1.807, 2.05) is 49.4 Å². The lowest BCUT2D eigenvalue weighted by atomic mass is 9.88. The van der Waals surface area contributed by atoms with E-state index in [1.54, 1.807) is 11.0 Å². The highest BCUT2D eigenvalue weighted by Crippen LogP contribution is 2.32. The van der Waals surface area contributed by atoms with Gasteiger partial charge in [-0.05, 0) is 24.5 Å². The van der Waals surface area contributed by atoms with Gasteiger partial charge in [-0.25, -0.2) is 0 Å². The Morgan fingerprint density at radius 2 is 1.95 bits per heavy atom. The van der Waals surface area contributed by atoms with Gasteiger partial charge in [0.2, 0.25) is 5.91 Å². The molecule has 1 aromatic rings. The van der Waals surface area contributed by atoms with Crippen LogP contribution in [-0.2, 0) is 4.79 Å². The molecule has 3 unspecified atom stereocenters. The zero-order valence-electron chi connectivity index (χ0n) is 12.4. The van der Waals surface area contributed by atoms with E-state index in [4.69, 9.17) is 0 Å². The zero-order chi connectivity index (χ0) is 15.7. The van der Waals surface area contributed by atoms with Crippen molar-refractivity contribution in [2.24, 2.45) is 11.8 Å². The SMILES string of the molecule is CC1C=CC=CC1C(=O)N1CCC(Br)C(=O)c2ccccc21. The third-order valence-corrected chi connectivity index (χ3v) is 5.19. The molecule has 0 fully saturated rings. The first-order valence-corrected chi connectivity index (χ1v) is 8.45. The maximum absolute atomic E-state index is 13.0. The molecule has 0 bridgehead atoms. The van der Waals surface area contributed by atoms with Crippen molar-refractivity contribution in [3.8, 4) is 0 Å². The first-order chi connectivity index (χ1) is 10.6. The fourth-order valence-electron chi connectivity index (χ4n) is 3.01. The van der Waals surface area contributed by atoms with Crippen LogP contribution in [-0.4, -0.2) is 23.1 Å². The lowest BCUT2D eigenvalue weighted by molar-refractivity contribution is -0.121. The second-order valence-corrected chi connectivity index (χ2v) is 6.89. The number of benzene rings is 1. The molecule has 22 heavy (non-hydrogen) atoms. The fraction of sp³-hybridized carbons (Fsp3) is 0.333. The van der Waals surface area contributed by atoms with Crippen molar-refractivity contribution >= 4 is 33.3 Å². The van der Waals surface area contributed by atoms with Gasteiger partial charge in [-0.15, -0.1) is 0 Å². The van der Waals surface area contributed by atoms with Crippen LogP contribution in [0.15, 0.2) is 48.6 Å². The van der Waals surface area contributed by atoms with Gasteiger partial charge in [0.15, 0.2) is 5.78 Å². The molecule has 0 radical (unpaired) electrons. The Bertz CT molecular complexity index is 665. The van der Waals surface area contributed by atoms with Gasteiger partial charge >= 0.3 is 0 Å². The Hall–Kier alpha value is -1.68. The molecule has 0 saturated carbocycles. The van der Waals surface area contributed by atoms with Crippen molar-refractivity contribution < 1.29 is 9.59 Å². The summed E-state index contributed by atoms with van der Waals surface area (Å²) in [4.78, 5) is 27.0. The predicted molar refractivity (Wildman–Crippen MR) is 91.4 cm³/mol. The highest BCUT2D eigenvalue weighted by Gasteiger charge is 2.33. The van der Waals surface area contributed by atoms with Crippen molar-refractivity contribution in [3.05, 3.63) is 54.1 Å². The second kappa shape index (κ2) is 6.21. The number of anilines is 1. The summed E-state index contributed by atoms with van der Waals surface area (Å²) in [5, 5.41) is 0. The number of carbonyl (C=O) groups is 2. The van der Waals surface area contributed by atoms with E-state index in [9.17, 15) is 9.59 Å². The quantitative estimate of drug-likeness (QED) is 0.716. The molecule has 0 aromatic heterocycles. The standard InChI is InChI=1S/C18H18BrNO2/c1-12-6-2-3-7-13(12)18(22)20-11-10-15(19)17(21)14-8-4-5-9-16(14)20/h2-9,12-13,15H,10-11H2,1H3. The summed E-state index contributed by atoms with van der Waals surface area (Å²) in [5.74, 6) is 0.122. The lowest BCUT2D eigenvalue weighted by Crippen LogP contribution is -2.39.